The monoisotopic (exact) mass is 284 g/mol. The largest absolute Gasteiger partial charge is 0.497 e. The Morgan fingerprint density at radius 3 is 2.71 bits per heavy atom. The van der Waals surface area contributed by atoms with Crippen molar-refractivity contribution in [1.82, 2.24) is 15.3 Å². The summed E-state index contributed by atoms with van der Waals surface area (Å²) in [7, 11) is 1.67. The third-order valence-electron chi connectivity index (χ3n) is 3.64. The van der Waals surface area contributed by atoms with E-state index in [0.717, 1.165) is 48.2 Å². The zero-order chi connectivity index (χ0) is 14.7. The van der Waals surface area contributed by atoms with Crippen LogP contribution >= 0.6 is 0 Å². The van der Waals surface area contributed by atoms with E-state index in [-0.39, 0.29) is 0 Å². The van der Waals surface area contributed by atoms with E-state index < -0.39 is 0 Å². The van der Waals surface area contributed by atoms with Crippen LogP contribution in [0.2, 0.25) is 0 Å². The second kappa shape index (κ2) is 6.10. The molecule has 0 saturated carbocycles. The fourth-order valence-corrected chi connectivity index (χ4v) is 2.54. The first-order valence-electron chi connectivity index (χ1n) is 7.22. The minimum absolute atomic E-state index is 0.447. The molecule has 2 heterocycles. The van der Waals surface area contributed by atoms with Gasteiger partial charge in [-0.3, -0.25) is 0 Å². The lowest BCUT2D eigenvalue weighted by Gasteiger charge is -2.13. The number of methoxy groups -OCH3 is 1. The van der Waals surface area contributed by atoms with Crippen molar-refractivity contribution in [2.45, 2.75) is 19.4 Å². The summed E-state index contributed by atoms with van der Waals surface area (Å²) in [6.45, 7) is 3.97. The molecule has 1 atom stereocenters. The van der Waals surface area contributed by atoms with Crippen LogP contribution in [-0.4, -0.2) is 36.2 Å². The van der Waals surface area contributed by atoms with Crippen molar-refractivity contribution in [3.05, 3.63) is 36.2 Å². The molecule has 0 amide bonds. The number of aromatic nitrogens is 2. The molecule has 110 valence electrons. The van der Waals surface area contributed by atoms with E-state index in [1.165, 1.54) is 0 Å². The van der Waals surface area contributed by atoms with E-state index in [2.05, 4.69) is 20.6 Å². The molecule has 1 aliphatic rings. The Morgan fingerprint density at radius 2 is 2.05 bits per heavy atom. The molecule has 3 rings (SSSR count). The third kappa shape index (κ3) is 3.31. The van der Waals surface area contributed by atoms with Gasteiger partial charge >= 0.3 is 0 Å². The second-order valence-electron chi connectivity index (χ2n) is 5.25. The predicted octanol–water partition coefficient (Wildman–Crippen LogP) is 2.23. The van der Waals surface area contributed by atoms with Gasteiger partial charge in [-0.1, -0.05) is 0 Å². The van der Waals surface area contributed by atoms with Crippen LogP contribution in [0.3, 0.4) is 0 Å². The fraction of sp³-hybridized carbons (Fsp3) is 0.375. The lowest BCUT2D eigenvalue weighted by molar-refractivity contribution is 0.415. The molecule has 1 fully saturated rings. The summed E-state index contributed by atoms with van der Waals surface area (Å²) >= 11 is 0. The maximum absolute atomic E-state index is 5.19. The van der Waals surface area contributed by atoms with Gasteiger partial charge in [0.2, 0.25) is 0 Å². The summed E-state index contributed by atoms with van der Waals surface area (Å²) in [5.74, 6) is 2.51. The number of hydrogen-bond acceptors (Lipinski definition) is 5. The van der Waals surface area contributed by atoms with Gasteiger partial charge < -0.3 is 15.4 Å². The van der Waals surface area contributed by atoms with Crippen LogP contribution in [0.5, 0.6) is 5.75 Å². The molecule has 0 aliphatic carbocycles. The molecule has 1 aliphatic heterocycles. The normalized spacial score (nSPS) is 17.7. The standard InChI is InChI=1S/C16H20N4O/c1-11-18-15(12-3-5-14(21-2)6-4-12)9-16(19-11)20-13-7-8-17-10-13/h3-6,9,13,17H,7-8,10H2,1-2H3,(H,18,19,20). The van der Waals surface area contributed by atoms with Gasteiger partial charge in [0, 0.05) is 24.2 Å². The van der Waals surface area contributed by atoms with Crippen molar-refractivity contribution >= 4 is 5.82 Å². The summed E-state index contributed by atoms with van der Waals surface area (Å²) < 4.78 is 5.19. The third-order valence-corrected chi connectivity index (χ3v) is 3.64. The Bertz CT molecular complexity index is 606. The van der Waals surface area contributed by atoms with Crippen LogP contribution in [-0.2, 0) is 0 Å². The van der Waals surface area contributed by atoms with Crippen LogP contribution < -0.4 is 15.4 Å². The molecule has 0 spiro atoms. The van der Waals surface area contributed by atoms with E-state index in [1.807, 2.05) is 37.3 Å². The zero-order valence-corrected chi connectivity index (χ0v) is 12.4. The first kappa shape index (κ1) is 13.8. The highest BCUT2D eigenvalue weighted by Crippen LogP contribution is 2.23. The van der Waals surface area contributed by atoms with Crippen LogP contribution in [0.4, 0.5) is 5.82 Å². The number of anilines is 1. The molecule has 2 N–H and O–H groups in total. The van der Waals surface area contributed by atoms with Gasteiger partial charge in [-0.05, 0) is 44.2 Å². The Labute approximate surface area is 124 Å². The number of aryl methyl sites for hydroxylation is 1. The van der Waals surface area contributed by atoms with E-state index >= 15 is 0 Å². The van der Waals surface area contributed by atoms with Crippen LogP contribution in [0.15, 0.2) is 30.3 Å². The van der Waals surface area contributed by atoms with Crippen molar-refractivity contribution in [1.29, 1.82) is 0 Å². The molecule has 5 heteroatoms. The summed E-state index contributed by atoms with van der Waals surface area (Å²) in [4.78, 5) is 9.01. The van der Waals surface area contributed by atoms with Gasteiger partial charge in [0.15, 0.2) is 0 Å². The topological polar surface area (TPSA) is 59.1 Å². The number of benzene rings is 1. The molecule has 1 unspecified atom stereocenters. The minimum atomic E-state index is 0.447. The quantitative estimate of drug-likeness (QED) is 0.901. The number of rotatable bonds is 4. The van der Waals surface area contributed by atoms with E-state index in [9.17, 15) is 0 Å². The number of nitrogens with zero attached hydrogens (tertiary/aromatic N) is 2. The van der Waals surface area contributed by atoms with Gasteiger partial charge in [-0.25, -0.2) is 9.97 Å². The van der Waals surface area contributed by atoms with Crippen LogP contribution in [0.1, 0.15) is 12.2 Å². The molecule has 0 radical (unpaired) electrons. The van der Waals surface area contributed by atoms with Crippen molar-refractivity contribution in [2.75, 3.05) is 25.5 Å². The summed E-state index contributed by atoms with van der Waals surface area (Å²) in [5.41, 5.74) is 1.99. The Kier molecular flexibility index (Phi) is 4.01. The van der Waals surface area contributed by atoms with Crippen molar-refractivity contribution in [3.8, 4) is 17.0 Å². The van der Waals surface area contributed by atoms with E-state index in [1.54, 1.807) is 7.11 Å². The van der Waals surface area contributed by atoms with Crippen molar-refractivity contribution in [3.63, 3.8) is 0 Å². The fourth-order valence-electron chi connectivity index (χ4n) is 2.54. The van der Waals surface area contributed by atoms with Crippen LogP contribution in [0.25, 0.3) is 11.3 Å². The van der Waals surface area contributed by atoms with Gasteiger partial charge in [-0.2, -0.15) is 0 Å². The molecule has 1 aromatic heterocycles. The molecular formula is C16H20N4O. The average Bonchev–Trinajstić information content (AvgIpc) is 2.99. The lowest BCUT2D eigenvalue weighted by atomic mass is 10.1. The van der Waals surface area contributed by atoms with Gasteiger partial charge in [0.05, 0.1) is 12.8 Å². The summed E-state index contributed by atoms with van der Waals surface area (Å²) in [6, 6.07) is 10.4. The highest BCUT2D eigenvalue weighted by atomic mass is 16.5. The Hall–Kier alpha value is -2.14. The molecule has 5 nitrogen and oxygen atoms in total. The predicted molar refractivity (Wildman–Crippen MR) is 83.7 cm³/mol. The number of nitrogens with one attached hydrogen (secondary N) is 2. The average molecular weight is 284 g/mol. The zero-order valence-electron chi connectivity index (χ0n) is 12.4. The molecule has 0 bridgehead atoms. The maximum atomic E-state index is 5.19. The van der Waals surface area contributed by atoms with Crippen LogP contribution in [0, 0.1) is 6.92 Å². The van der Waals surface area contributed by atoms with Crippen molar-refractivity contribution in [2.24, 2.45) is 0 Å². The number of ether oxygens (including phenoxy) is 1. The minimum Gasteiger partial charge on any atom is -0.497 e. The smallest absolute Gasteiger partial charge is 0.130 e. The van der Waals surface area contributed by atoms with Gasteiger partial charge in [0.1, 0.15) is 17.4 Å². The number of hydrogen-bond donors (Lipinski definition) is 2. The van der Waals surface area contributed by atoms with Gasteiger partial charge in [-0.15, -0.1) is 0 Å². The highest BCUT2D eigenvalue weighted by Gasteiger charge is 2.15. The van der Waals surface area contributed by atoms with Gasteiger partial charge in [0.25, 0.3) is 0 Å². The molecule has 1 saturated heterocycles. The van der Waals surface area contributed by atoms with E-state index in [0.29, 0.717) is 6.04 Å². The molecule has 1 aromatic carbocycles. The lowest BCUT2D eigenvalue weighted by Crippen LogP contribution is -2.22. The molecular weight excluding hydrogens is 264 g/mol. The maximum Gasteiger partial charge on any atom is 0.130 e. The summed E-state index contributed by atoms with van der Waals surface area (Å²) in [5, 5.41) is 6.82. The Morgan fingerprint density at radius 1 is 1.24 bits per heavy atom. The highest BCUT2D eigenvalue weighted by molar-refractivity contribution is 5.63. The second-order valence-corrected chi connectivity index (χ2v) is 5.25. The van der Waals surface area contributed by atoms with E-state index in [4.69, 9.17) is 4.74 Å². The Balaban J connectivity index is 1.85. The van der Waals surface area contributed by atoms with Crippen molar-refractivity contribution < 1.29 is 4.74 Å². The molecule has 21 heavy (non-hydrogen) atoms. The first-order valence-corrected chi connectivity index (χ1v) is 7.22. The summed E-state index contributed by atoms with van der Waals surface area (Å²) in [6.07, 6.45) is 1.13. The molecule has 2 aromatic rings. The first-order chi connectivity index (χ1) is 10.2. The SMILES string of the molecule is COc1ccc(-c2cc(NC3CCNC3)nc(C)n2)cc1.